The predicted octanol–water partition coefficient (Wildman–Crippen LogP) is 5.72. The van der Waals surface area contributed by atoms with Crippen LogP contribution in [0.4, 0.5) is 11.4 Å². The molecular weight excluding hydrogens is 559 g/mol. The molecule has 0 bridgehead atoms. The van der Waals surface area contributed by atoms with Crippen LogP contribution in [0.15, 0.2) is 54.1 Å². The Balaban J connectivity index is 2.03. The number of halogens is 2. The third kappa shape index (κ3) is 4.98. The van der Waals surface area contributed by atoms with Gasteiger partial charge in [-0.15, -0.1) is 0 Å². The molecule has 9 nitrogen and oxygen atoms in total. The van der Waals surface area contributed by atoms with E-state index >= 15 is 0 Å². The first-order chi connectivity index (χ1) is 19.1. The number of carbonyl (C=O) groups excluding carboxylic acids is 2. The summed E-state index contributed by atoms with van der Waals surface area (Å²) in [7, 11) is 9.49. The Kier molecular flexibility index (Phi) is 8.37. The Morgan fingerprint density at radius 2 is 1.43 bits per heavy atom. The topological polar surface area (TPSA) is 97.8 Å². The van der Waals surface area contributed by atoms with Crippen molar-refractivity contribution in [3.63, 3.8) is 0 Å². The number of aliphatic hydroxyl groups is 1. The molecule has 1 heterocycles. The second kappa shape index (κ2) is 11.6. The van der Waals surface area contributed by atoms with Gasteiger partial charge in [0.2, 0.25) is 0 Å². The average molecular weight is 587 g/mol. The number of hydrogen-bond donors (Lipinski definition) is 1. The van der Waals surface area contributed by atoms with Gasteiger partial charge in [-0.05, 0) is 23.8 Å². The second-order valence-electron chi connectivity index (χ2n) is 9.01. The predicted molar refractivity (Wildman–Crippen MR) is 155 cm³/mol. The lowest BCUT2D eigenvalue weighted by Crippen LogP contribution is -2.29. The van der Waals surface area contributed by atoms with Crippen molar-refractivity contribution < 1.29 is 33.6 Å². The number of Topliss-reactive ketones (excluding diaryl/α,β-unsaturated/α-hetero) is 1. The van der Waals surface area contributed by atoms with Gasteiger partial charge in [-0.3, -0.25) is 14.5 Å². The van der Waals surface area contributed by atoms with Gasteiger partial charge in [-0.1, -0.05) is 35.3 Å². The molecule has 1 unspecified atom stereocenters. The van der Waals surface area contributed by atoms with E-state index in [0.717, 1.165) is 5.69 Å². The summed E-state index contributed by atoms with van der Waals surface area (Å²) in [6.07, 6.45) is 0. The molecule has 0 aromatic heterocycles. The van der Waals surface area contributed by atoms with Crippen LogP contribution >= 0.6 is 23.2 Å². The van der Waals surface area contributed by atoms with E-state index in [1.165, 1.54) is 39.4 Å². The molecule has 0 saturated carbocycles. The van der Waals surface area contributed by atoms with Gasteiger partial charge in [0.15, 0.2) is 11.5 Å². The SMILES string of the molecule is COc1cc(OC)cc(N2C(=O)C(=O)/C(=C(/O)c3cc(Cl)c(OC)c(Cl)c3OC)C2c2ccc(N(C)C)cc2)c1. The number of aliphatic hydroxyl groups excluding tert-OH is 1. The minimum atomic E-state index is -1.03. The molecule has 210 valence electrons. The Morgan fingerprint density at radius 1 is 0.850 bits per heavy atom. The first-order valence-corrected chi connectivity index (χ1v) is 12.7. The molecule has 1 aliphatic heterocycles. The lowest BCUT2D eigenvalue weighted by atomic mass is 9.94. The monoisotopic (exact) mass is 586 g/mol. The van der Waals surface area contributed by atoms with E-state index in [-0.39, 0.29) is 32.7 Å². The number of hydrogen-bond acceptors (Lipinski definition) is 8. The number of rotatable bonds is 8. The maximum Gasteiger partial charge on any atom is 0.300 e. The molecule has 40 heavy (non-hydrogen) atoms. The first kappa shape index (κ1) is 28.9. The molecule has 1 aliphatic rings. The van der Waals surface area contributed by atoms with Crippen LogP contribution in [0, 0.1) is 0 Å². The summed E-state index contributed by atoms with van der Waals surface area (Å²) in [6.45, 7) is 0. The Bertz CT molecular complexity index is 1480. The number of ether oxygens (including phenoxy) is 4. The van der Waals surface area contributed by atoms with Crippen molar-refractivity contribution in [1.29, 1.82) is 0 Å². The number of methoxy groups -OCH3 is 4. The highest BCUT2D eigenvalue weighted by Crippen LogP contribution is 2.48. The maximum atomic E-state index is 13.7. The molecular formula is C29H28Cl2N2O7. The highest BCUT2D eigenvalue weighted by molar-refractivity contribution is 6.52. The van der Waals surface area contributed by atoms with Crippen molar-refractivity contribution in [2.45, 2.75) is 6.04 Å². The summed E-state index contributed by atoms with van der Waals surface area (Å²) in [4.78, 5) is 30.5. The van der Waals surface area contributed by atoms with Crippen molar-refractivity contribution in [3.05, 3.63) is 75.3 Å². The zero-order valence-electron chi connectivity index (χ0n) is 22.7. The highest BCUT2D eigenvalue weighted by atomic mass is 35.5. The summed E-state index contributed by atoms with van der Waals surface area (Å²) < 4.78 is 21.5. The van der Waals surface area contributed by atoms with Crippen molar-refractivity contribution in [3.8, 4) is 23.0 Å². The van der Waals surface area contributed by atoms with Gasteiger partial charge in [0.25, 0.3) is 11.7 Å². The van der Waals surface area contributed by atoms with Gasteiger partial charge in [0.1, 0.15) is 22.3 Å². The largest absolute Gasteiger partial charge is 0.507 e. The Labute approximate surface area is 242 Å². The van der Waals surface area contributed by atoms with E-state index in [9.17, 15) is 14.7 Å². The lowest BCUT2D eigenvalue weighted by molar-refractivity contribution is -0.132. The molecule has 3 aromatic carbocycles. The van der Waals surface area contributed by atoms with Crippen molar-refractivity contribution in [2.24, 2.45) is 0 Å². The van der Waals surface area contributed by atoms with Crippen LogP contribution in [-0.4, -0.2) is 59.3 Å². The van der Waals surface area contributed by atoms with Crippen molar-refractivity contribution in [2.75, 3.05) is 52.3 Å². The zero-order valence-corrected chi connectivity index (χ0v) is 24.3. The highest BCUT2D eigenvalue weighted by Gasteiger charge is 2.47. The molecule has 1 fully saturated rings. The van der Waals surface area contributed by atoms with Gasteiger partial charge < -0.3 is 29.0 Å². The fourth-order valence-corrected chi connectivity index (χ4v) is 5.28. The van der Waals surface area contributed by atoms with Crippen LogP contribution in [-0.2, 0) is 9.59 Å². The zero-order chi connectivity index (χ0) is 29.3. The van der Waals surface area contributed by atoms with E-state index in [4.69, 9.17) is 42.1 Å². The van der Waals surface area contributed by atoms with Gasteiger partial charge in [0, 0.05) is 38.0 Å². The summed E-state index contributed by atoms with van der Waals surface area (Å²) in [5.41, 5.74) is 1.64. The summed E-state index contributed by atoms with van der Waals surface area (Å²) in [5, 5.41) is 11.7. The molecule has 0 spiro atoms. The average Bonchev–Trinajstić information content (AvgIpc) is 3.22. The van der Waals surface area contributed by atoms with E-state index in [0.29, 0.717) is 22.7 Å². The number of amides is 1. The number of anilines is 2. The van der Waals surface area contributed by atoms with E-state index in [1.54, 1.807) is 30.3 Å². The molecule has 3 aromatic rings. The third-order valence-corrected chi connectivity index (χ3v) is 7.20. The maximum absolute atomic E-state index is 13.7. The molecule has 1 saturated heterocycles. The summed E-state index contributed by atoms with van der Waals surface area (Å²) in [5.74, 6) is -1.30. The van der Waals surface area contributed by atoms with Crippen LogP contribution in [0.2, 0.25) is 10.0 Å². The Morgan fingerprint density at radius 3 is 1.93 bits per heavy atom. The van der Waals surface area contributed by atoms with Crippen molar-refractivity contribution >= 4 is 52.0 Å². The molecule has 1 N–H and O–H groups in total. The van der Waals surface area contributed by atoms with Gasteiger partial charge in [-0.25, -0.2) is 0 Å². The summed E-state index contributed by atoms with van der Waals surface area (Å²) >= 11 is 12.8. The number of carbonyl (C=O) groups is 2. The van der Waals surface area contributed by atoms with E-state index in [1.807, 2.05) is 31.1 Å². The standard InChI is InChI=1S/C29H28Cl2N2O7/c1-32(2)16-9-7-15(8-10-16)24-22(25(34)20-14-21(30)28(40-6)23(31)27(20)39-5)26(35)29(36)33(24)17-11-18(37-3)13-19(12-17)38-4/h7-14,24,34H,1-6H3/b25-22+. The number of ketones is 1. The number of benzene rings is 3. The van der Waals surface area contributed by atoms with Crippen LogP contribution in [0.5, 0.6) is 23.0 Å². The fraction of sp³-hybridized carbons (Fsp3) is 0.241. The molecule has 0 aliphatic carbocycles. The summed E-state index contributed by atoms with van der Waals surface area (Å²) in [6, 6.07) is 12.5. The molecule has 1 atom stereocenters. The molecule has 1 amide bonds. The first-order valence-electron chi connectivity index (χ1n) is 12.0. The van der Waals surface area contributed by atoms with E-state index < -0.39 is 23.5 Å². The van der Waals surface area contributed by atoms with Crippen LogP contribution in [0.25, 0.3) is 5.76 Å². The number of nitrogens with zero attached hydrogens (tertiary/aromatic N) is 2. The smallest absolute Gasteiger partial charge is 0.300 e. The van der Waals surface area contributed by atoms with Gasteiger partial charge in [0.05, 0.1) is 56.3 Å². The quantitative estimate of drug-likeness (QED) is 0.203. The minimum Gasteiger partial charge on any atom is -0.507 e. The van der Waals surface area contributed by atoms with Crippen LogP contribution in [0.1, 0.15) is 17.2 Å². The van der Waals surface area contributed by atoms with Crippen LogP contribution in [0.3, 0.4) is 0 Å². The second-order valence-corrected chi connectivity index (χ2v) is 9.80. The Hall–Kier alpha value is -4.08. The molecule has 0 radical (unpaired) electrons. The van der Waals surface area contributed by atoms with Crippen LogP contribution < -0.4 is 28.7 Å². The fourth-order valence-electron chi connectivity index (χ4n) is 4.59. The van der Waals surface area contributed by atoms with Crippen molar-refractivity contribution in [1.82, 2.24) is 0 Å². The lowest BCUT2D eigenvalue weighted by Gasteiger charge is -2.27. The van der Waals surface area contributed by atoms with Gasteiger partial charge in [-0.2, -0.15) is 0 Å². The molecule has 4 rings (SSSR count). The third-order valence-electron chi connectivity index (χ3n) is 6.58. The minimum absolute atomic E-state index is 0.00213. The van der Waals surface area contributed by atoms with Gasteiger partial charge >= 0.3 is 0 Å². The van der Waals surface area contributed by atoms with E-state index in [2.05, 4.69) is 0 Å². The normalized spacial score (nSPS) is 16.2. The molecule has 11 heteroatoms.